The van der Waals surface area contributed by atoms with Crippen LogP contribution >= 0.6 is 0 Å². The summed E-state index contributed by atoms with van der Waals surface area (Å²) in [5.74, 6) is -2.63. The molecule has 0 bridgehead atoms. The standard InChI is InChI=1S/C12H17F2NO/c1-8(15-3)9-6-5-7-10(11(9)16-4)12(2,13)14/h5-8,15H,1-4H3. The van der Waals surface area contributed by atoms with Crippen molar-refractivity contribution in [3.05, 3.63) is 29.3 Å². The normalized spacial score (nSPS) is 13.6. The lowest BCUT2D eigenvalue weighted by Crippen LogP contribution is -2.16. The highest BCUT2D eigenvalue weighted by Crippen LogP contribution is 2.38. The molecular weight excluding hydrogens is 212 g/mol. The number of methoxy groups -OCH3 is 1. The van der Waals surface area contributed by atoms with Gasteiger partial charge in [0, 0.05) is 18.5 Å². The third kappa shape index (κ3) is 2.50. The predicted octanol–water partition coefficient (Wildman–Crippen LogP) is 3.09. The largest absolute Gasteiger partial charge is 0.496 e. The zero-order valence-electron chi connectivity index (χ0n) is 9.97. The van der Waals surface area contributed by atoms with Crippen molar-refractivity contribution in [2.45, 2.75) is 25.8 Å². The first-order valence-corrected chi connectivity index (χ1v) is 5.14. The fourth-order valence-corrected chi connectivity index (χ4v) is 1.62. The van der Waals surface area contributed by atoms with Crippen LogP contribution in [0.15, 0.2) is 18.2 Å². The minimum Gasteiger partial charge on any atom is -0.496 e. The van der Waals surface area contributed by atoms with Crippen molar-refractivity contribution < 1.29 is 13.5 Å². The Bertz CT molecular complexity index is 361. The van der Waals surface area contributed by atoms with Gasteiger partial charge in [-0.1, -0.05) is 12.1 Å². The van der Waals surface area contributed by atoms with Gasteiger partial charge in [-0.05, 0) is 20.0 Å². The summed E-state index contributed by atoms with van der Waals surface area (Å²) in [5.41, 5.74) is 0.665. The van der Waals surface area contributed by atoms with Gasteiger partial charge in [0.2, 0.25) is 0 Å². The first kappa shape index (κ1) is 12.9. The molecule has 0 aliphatic rings. The average Bonchev–Trinajstić information content (AvgIpc) is 2.25. The molecule has 2 nitrogen and oxygen atoms in total. The number of hydrogen-bond acceptors (Lipinski definition) is 2. The Labute approximate surface area is 94.6 Å². The van der Waals surface area contributed by atoms with Crippen molar-refractivity contribution in [3.63, 3.8) is 0 Å². The van der Waals surface area contributed by atoms with E-state index in [0.717, 1.165) is 12.5 Å². The Morgan fingerprint density at radius 2 is 2.00 bits per heavy atom. The van der Waals surface area contributed by atoms with E-state index in [2.05, 4.69) is 5.32 Å². The van der Waals surface area contributed by atoms with Crippen LogP contribution in [-0.4, -0.2) is 14.2 Å². The number of halogens is 2. The van der Waals surface area contributed by atoms with E-state index in [1.165, 1.54) is 13.2 Å². The average molecular weight is 229 g/mol. The van der Waals surface area contributed by atoms with E-state index in [0.29, 0.717) is 0 Å². The van der Waals surface area contributed by atoms with Gasteiger partial charge in [0.15, 0.2) is 0 Å². The summed E-state index contributed by atoms with van der Waals surface area (Å²) in [6.45, 7) is 2.77. The number of nitrogens with one attached hydrogen (secondary N) is 1. The molecule has 0 saturated heterocycles. The first-order chi connectivity index (χ1) is 7.41. The van der Waals surface area contributed by atoms with Gasteiger partial charge in [-0.3, -0.25) is 0 Å². The van der Waals surface area contributed by atoms with E-state index >= 15 is 0 Å². The van der Waals surface area contributed by atoms with E-state index in [-0.39, 0.29) is 17.4 Å². The zero-order valence-corrected chi connectivity index (χ0v) is 9.97. The molecule has 0 radical (unpaired) electrons. The van der Waals surface area contributed by atoms with Crippen LogP contribution in [-0.2, 0) is 5.92 Å². The summed E-state index contributed by atoms with van der Waals surface area (Å²) in [4.78, 5) is 0. The van der Waals surface area contributed by atoms with Crippen molar-refractivity contribution in [3.8, 4) is 5.75 Å². The Kier molecular flexibility index (Phi) is 3.86. The van der Waals surface area contributed by atoms with Gasteiger partial charge < -0.3 is 10.1 Å². The van der Waals surface area contributed by atoms with Gasteiger partial charge in [-0.25, -0.2) is 8.78 Å². The van der Waals surface area contributed by atoms with Gasteiger partial charge in [-0.15, -0.1) is 0 Å². The second-order valence-corrected chi connectivity index (χ2v) is 3.83. The lowest BCUT2D eigenvalue weighted by Gasteiger charge is -2.20. The monoisotopic (exact) mass is 229 g/mol. The Hall–Kier alpha value is -1.16. The molecule has 1 N–H and O–H groups in total. The van der Waals surface area contributed by atoms with Crippen LogP contribution in [0.2, 0.25) is 0 Å². The van der Waals surface area contributed by atoms with Gasteiger partial charge in [0.05, 0.1) is 12.7 Å². The molecule has 90 valence electrons. The van der Waals surface area contributed by atoms with Crippen molar-refractivity contribution in [1.82, 2.24) is 5.32 Å². The van der Waals surface area contributed by atoms with Crippen molar-refractivity contribution in [2.75, 3.05) is 14.2 Å². The molecule has 1 aromatic carbocycles. The molecule has 0 spiro atoms. The lowest BCUT2D eigenvalue weighted by atomic mass is 10.00. The summed E-state index contributed by atoms with van der Waals surface area (Å²) in [6.07, 6.45) is 0. The van der Waals surface area contributed by atoms with E-state index in [1.807, 2.05) is 6.92 Å². The highest BCUT2D eigenvalue weighted by atomic mass is 19.3. The third-order valence-corrected chi connectivity index (χ3v) is 2.62. The third-order valence-electron chi connectivity index (χ3n) is 2.62. The fraction of sp³-hybridized carbons (Fsp3) is 0.500. The van der Waals surface area contributed by atoms with Crippen LogP contribution in [0, 0.1) is 0 Å². The summed E-state index contributed by atoms with van der Waals surface area (Å²) in [7, 11) is 3.19. The number of alkyl halides is 2. The second kappa shape index (κ2) is 4.78. The Morgan fingerprint density at radius 3 is 2.44 bits per heavy atom. The van der Waals surface area contributed by atoms with E-state index in [4.69, 9.17) is 4.74 Å². The molecule has 0 aliphatic heterocycles. The van der Waals surface area contributed by atoms with E-state index < -0.39 is 5.92 Å². The zero-order chi connectivity index (χ0) is 12.3. The molecule has 0 saturated carbocycles. The van der Waals surface area contributed by atoms with Crippen LogP contribution in [0.5, 0.6) is 5.75 Å². The first-order valence-electron chi connectivity index (χ1n) is 5.14. The molecule has 1 atom stereocenters. The number of rotatable bonds is 4. The van der Waals surface area contributed by atoms with Gasteiger partial charge in [-0.2, -0.15) is 0 Å². The fourth-order valence-electron chi connectivity index (χ4n) is 1.62. The summed E-state index contributed by atoms with van der Waals surface area (Å²) < 4.78 is 31.8. The van der Waals surface area contributed by atoms with Crippen LogP contribution in [0.1, 0.15) is 31.0 Å². The van der Waals surface area contributed by atoms with Crippen LogP contribution in [0.25, 0.3) is 0 Å². The minimum absolute atomic E-state index is 0.0303. The number of hydrogen-bond donors (Lipinski definition) is 1. The summed E-state index contributed by atoms with van der Waals surface area (Å²) in [5, 5.41) is 3.01. The maximum atomic E-state index is 13.3. The highest BCUT2D eigenvalue weighted by molar-refractivity contribution is 5.45. The topological polar surface area (TPSA) is 21.3 Å². The molecule has 1 rings (SSSR count). The molecule has 0 amide bonds. The predicted molar refractivity (Wildman–Crippen MR) is 60.0 cm³/mol. The van der Waals surface area contributed by atoms with Crippen LogP contribution in [0.3, 0.4) is 0 Å². The van der Waals surface area contributed by atoms with E-state index in [1.54, 1.807) is 19.2 Å². The summed E-state index contributed by atoms with van der Waals surface area (Å²) >= 11 is 0. The molecule has 0 aromatic heterocycles. The molecule has 0 fully saturated rings. The quantitative estimate of drug-likeness (QED) is 0.856. The van der Waals surface area contributed by atoms with Crippen LogP contribution < -0.4 is 10.1 Å². The van der Waals surface area contributed by atoms with Gasteiger partial charge in [0.1, 0.15) is 5.75 Å². The molecule has 0 heterocycles. The maximum Gasteiger partial charge on any atom is 0.274 e. The summed E-state index contributed by atoms with van der Waals surface area (Å²) in [6, 6.07) is 4.77. The highest BCUT2D eigenvalue weighted by Gasteiger charge is 2.30. The molecule has 0 aliphatic carbocycles. The smallest absolute Gasteiger partial charge is 0.274 e. The van der Waals surface area contributed by atoms with Gasteiger partial charge in [0.25, 0.3) is 5.92 Å². The van der Waals surface area contributed by atoms with E-state index in [9.17, 15) is 8.78 Å². The number of para-hydroxylation sites is 1. The number of ether oxygens (including phenoxy) is 1. The maximum absolute atomic E-state index is 13.3. The van der Waals surface area contributed by atoms with Crippen LogP contribution in [0.4, 0.5) is 8.78 Å². The molecule has 16 heavy (non-hydrogen) atoms. The van der Waals surface area contributed by atoms with Crippen molar-refractivity contribution >= 4 is 0 Å². The second-order valence-electron chi connectivity index (χ2n) is 3.83. The van der Waals surface area contributed by atoms with Crippen molar-refractivity contribution in [1.29, 1.82) is 0 Å². The van der Waals surface area contributed by atoms with Crippen molar-refractivity contribution in [2.24, 2.45) is 0 Å². The van der Waals surface area contributed by atoms with Gasteiger partial charge >= 0.3 is 0 Å². The minimum atomic E-state index is -2.89. The lowest BCUT2D eigenvalue weighted by molar-refractivity contribution is 0.0149. The molecule has 1 unspecified atom stereocenters. The Morgan fingerprint density at radius 1 is 1.38 bits per heavy atom. The molecule has 4 heteroatoms. The molecular formula is C12H17F2NO. The number of benzene rings is 1. The SMILES string of the molecule is CNC(C)c1cccc(C(C)(F)F)c1OC. The molecule has 1 aromatic rings. The Balaban J connectivity index is 3.32.